The van der Waals surface area contributed by atoms with Crippen LogP contribution in [0.15, 0.2) is 30.7 Å². The number of nitrogens with one attached hydrogen (secondary N) is 1. The van der Waals surface area contributed by atoms with E-state index in [2.05, 4.69) is 40.1 Å². The maximum Gasteiger partial charge on any atom is 0.225 e. The molecular formula is C20H29N5. The minimum Gasteiger partial charge on any atom is -0.341 e. The van der Waals surface area contributed by atoms with Gasteiger partial charge in [-0.2, -0.15) is 0 Å². The van der Waals surface area contributed by atoms with E-state index < -0.39 is 0 Å². The molecule has 0 aliphatic carbocycles. The van der Waals surface area contributed by atoms with E-state index in [1.165, 1.54) is 43.2 Å². The van der Waals surface area contributed by atoms with Crippen molar-refractivity contribution >= 4 is 5.95 Å². The Hall–Kier alpha value is -2.01. The molecule has 3 rings (SSSR count). The average molecular weight is 339 g/mol. The van der Waals surface area contributed by atoms with Gasteiger partial charge in [0.25, 0.3) is 0 Å². The lowest BCUT2D eigenvalue weighted by molar-refractivity contribution is 0.546. The highest BCUT2D eigenvalue weighted by Gasteiger charge is 2.15. The second kappa shape index (κ2) is 8.90. The molecule has 0 aromatic carbocycles. The van der Waals surface area contributed by atoms with Gasteiger partial charge in [0.15, 0.2) is 0 Å². The summed E-state index contributed by atoms with van der Waals surface area (Å²) in [6.45, 7) is 7.20. The molecule has 134 valence electrons. The molecule has 1 N–H and O–H groups in total. The number of anilines is 1. The van der Waals surface area contributed by atoms with Gasteiger partial charge in [-0.1, -0.05) is 25.3 Å². The van der Waals surface area contributed by atoms with Gasteiger partial charge < -0.3 is 10.2 Å². The molecule has 1 atom stereocenters. The lowest BCUT2D eigenvalue weighted by atomic mass is 10.1. The molecule has 0 radical (unpaired) electrons. The molecule has 0 spiro atoms. The number of rotatable bonds is 5. The molecule has 5 heteroatoms. The van der Waals surface area contributed by atoms with Gasteiger partial charge in [-0.25, -0.2) is 9.97 Å². The van der Waals surface area contributed by atoms with E-state index in [-0.39, 0.29) is 6.04 Å². The number of pyridine rings is 1. The minimum atomic E-state index is 0.210. The van der Waals surface area contributed by atoms with Crippen molar-refractivity contribution < 1.29 is 0 Å². The van der Waals surface area contributed by atoms with Gasteiger partial charge in [0.1, 0.15) is 0 Å². The first-order valence-corrected chi connectivity index (χ1v) is 9.45. The zero-order valence-electron chi connectivity index (χ0n) is 15.4. The summed E-state index contributed by atoms with van der Waals surface area (Å²) in [6.07, 6.45) is 12.2. The normalized spacial score (nSPS) is 17.0. The SMILES string of the molecule is Cc1nc(N2CCCCCCC2)ncc1C(C)NCc1cccnc1. The Morgan fingerprint density at radius 3 is 2.56 bits per heavy atom. The van der Waals surface area contributed by atoms with Crippen LogP contribution in [0.25, 0.3) is 0 Å². The van der Waals surface area contributed by atoms with Crippen molar-refractivity contribution in [2.75, 3.05) is 18.0 Å². The third kappa shape index (κ3) is 4.98. The summed E-state index contributed by atoms with van der Waals surface area (Å²) in [4.78, 5) is 16.0. The van der Waals surface area contributed by atoms with Crippen molar-refractivity contribution in [1.82, 2.24) is 20.3 Å². The van der Waals surface area contributed by atoms with Crippen LogP contribution in [0.1, 0.15) is 61.9 Å². The van der Waals surface area contributed by atoms with Crippen molar-refractivity contribution in [3.05, 3.63) is 47.5 Å². The molecule has 25 heavy (non-hydrogen) atoms. The number of aryl methyl sites for hydroxylation is 1. The van der Waals surface area contributed by atoms with Crippen LogP contribution >= 0.6 is 0 Å². The maximum atomic E-state index is 4.81. The maximum absolute atomic E-state index is 4.81. The molecule has 1 aliphatic heterocycles. The zero-order valence-corrected chi connectivity index (χ0v) is 15.4. The first-order valence-electron chi connectivity index (χ1n) is 9.45. The van der Waals surface area contributed by atoms with Crippen molar-refractivity contribution in [2.45, 2.75) is 58.5 Å². The smallest absolute Gasteiger partial charge is 0.225 e. The van der Waals surface area contributed by atoms with Gasteiger partial charge in [-0.3, -0.25) is 4.98 Å². The van der Waals surface area contributed by atoms with Crippen molar-refractivity contribution in [1.29, 1.82) is 0 Å². The fourth-order valence-electron chi connectivity index (χ4n) is 3.37. The molecule has 2 aromatic rings. The Labute approximate surface area is 150 Å². The highest BCUT2D eigenvalue weighted by Crippen LogP contribution is 2.20. The largest absolute Gasteiger partial charge is 0.341 e. The summed E-state index contributed by atoms with van der Waals surface area (Å²) in [6, 6.07) is 4.26. The van der Waals surface area contributed by atoms with Gasteiger partial charge >= 0.3 is 0 Å². The minimum absolute atomic E-state index is 0.210. The second-order valence-electron chi connectivity index (χ2n) is 6.93. The third-order valence-electron chi connectivity index (χ3n) is 4.95. The highest BCUT2D eigenvalue weighted by atomic mass is 15.2. The number of aromatic nitrogens is 3. The highest BCUT2D eigenvalue weighted by molar-refractivity contribution is 5.34. The first kappa shape index (κ1) is 17.8. The van der Waals surface area contributed by atoms with Crippen LogP contribution in [0.3, 0.4) is 0 Å². The van der Waals surface area contributed by atoms with Gasteiger partial charge in [0.2, 0.25) is 5.95 Å². The van der Waals surface area contributed by atoms with Crippen LogP contribution in [0.5, 0.6) is 0 Å². The summed E-state index contributed by atoms with van der Waals surface area (Å²) in [5.74, 6) is 0.891. The summed E-state index contributed by atoms with van der Waals surface area (Å²) < 4.78 is 0. The monoisotopic (exact) mass is 339 g/mol. The van der Waals surface area contributed by atoms with Crippen molar-refractivity contribution in [2.24, 2.45) is 0 Å². The molecule has 0 saturated carbocycles. The molecular weight excluding hydrogens is 310 g/mol. The molecule has 1 fully saturated rings. The Kier molecular flexibility index (Phi) is 6.34. The summed E-state index contributed by atoms with van der Waals surface area (Å²) in [5.41, 5.74) is 3.42. The first-order chi connectivity index (χ1) is 12.2. The lowest BCUT2D eigenvalue weighted by Crippen LogP contribution is -2.29. The lowest BCUT2D eigenvalue weighted by Gasteiger charge is -2.25. The Morgan fingerprint density at radius 2 is 1.88 bits per heavy atom. The molecule has 5 nitrogen and oxygen atoms in total. The molecule has 0 amide bonds. The van der Waals surface area contributed by atoms with Crippen LogP contribution in [0.4, 0.5) is 5.95 Å². The Balaban J connectivity index is 1.64. The Bertz CT molecular complexity index is 650. The van der Waals surface area contributed by atoms with Crippen molar-refractivity contribution in [3.63, 3.8) is 0 Å². The molecule has 3 heterocycles. The number of nitrogens with zero attached hydrogens (tertiary/aromatic N) is 4. The summed E-state index contributed by atoms with van der Waals surface area (Å²) in [7, 11) is 0. The standard InChI is InChI=1S/C20H29N5/c1-16(22-14-18-9-8-10-21-13-18)19-15-23-20(24-17(19)2)25-11-6-4-3-5-7-12-25/h8-10,13,15-16,22H,3-7,11-12,14H2,1-2H3. The van der Waals surface area contributed by atoms with E-state index in [9.17, 15) is 0 Å². The van der Waals surface area contributed by atoms with Gasteiger partial charge in [-0.15, -0.1) is 0 Å². The van der Waals surface area contributed by atoms with Crippen LogP contribution < -0.4 is 10.2 Å². The third-order valence-corrected chi connectivity index (χ3v) is 4.95. The van der Waals surface area contributed by atoms with Gasteiger partial charge in [0.05, 0.1) is 0 Å². The average Bonchev–Trinajstić information content (AvgIpc) is 2.60. The van der Waals surface area contributed by atoms with E-state index >= 15 is 0 Å². The molecule has 0 bridgehead atoms. The summed E-state index contributed by atoms with van der Waals surface area (Å²) >= 11 is 0. The topological polar surface area (TPSA) is 53.9 Å². The van der Waals surface area contributed by atoms with Gasteiger partial charge in [0, 0.05) is 55.5 Å². The van der Waals surface area contributed by atoms with Gasteiger partial charge in [-0.05, 0) is 38.3 Å². The van der Waals surface area contributed by atoms with E-state index in [4.69, 9.17) is 4.98 Å². The number of hydrogen-bond donors (Lipinski definition) is 1. The van der Waals surface area contributed by atoms with Crippen LogP contribution in [0, 0.1) is 6.92 Å². The fraction of sp³-hybridized carbons (Fsp3) is 0.550. The predicted molar refractivity (Wildman–Crippen MR) is 102 cm³/mol. The molecule has 2 aromatic heterocycles. The van der Waals surface area contributed by atoms with E-state index in [1.54, 1.807) is 6.20 Å². The van der Waals surface area contributed by atoms with Crippen LogP contribution in [-0.2, 0) is 6.54 Å². The molecule has 1 unspecified atom stereocenters. The predicted octanol–water partition coefficient (Wildman–Crippen LogP) is 3.80. The second-order valence-corrected chi connectivity index (χ2v) is 6.93. The van der Waals surface area contributed by atoms with Crippen LogP contribution in [-0.4, -0.2) is 28.0 Å². The quantitative estimate of drug-likeness (QED) is 0.898. The van der Waals surface area contributed by atoms with Crippen LogP contribution in [0.2, 0.25) is 0 Å². The zero-order chi connectivity index (χ0) is 17.5. The Morgan fingerprint density at radius 1 is 1.12 bits per heavy atom. The van der Waals surface area contributed by atoms with E-state index in [1.807, 2.05) is 18.5 Å². The number of hydrogen-bond acceptors (Lipinski definition) is 5. The van der Waals surface area contributed by atoms with Crippen molar-refractivity contribution in [3.8, 4) is 0 Å². The van der Waals surface area contributed by atoms with E-state index in [0.29, 0.717) is 0 Å². The van der Waals surface area contributed by atoms with E-state index in [0.717, 1.165) is 31.3 Å². The molecule has 1 saturated heterocycles. The molecule has 1 aliphatic rings. The summed E-state index contributed by atoms with van der Waals surface area (Å²) in [5, 5.41) is 3.54. The fourth-order valence-corrected chi connectivity index (χ4v) is 3.37.